The Bertz CT molecular complexity index is 751. The van der Waals surface area contributed by atoms with E-state index in [4.69, 9.17) is 14.2 Å². The molecule has 1 heterocycles. The highest BCUT2D eigenvalue weighted by molar-refractivity contribution is 5.38. The molecule has 3 N–H and O–H groups in total. The van der Waals surface area contributed by atoms with Crippen LogP contribution in [0.15, 0.2) is 0 Å². The molecule has 12 atom stereocenters. The molecule has 30 heavy (non-hydrogen) atoms. The second-order valence-corrected chi connectivity index (χ2v) is 11.1. The van der Waals surface area contributed by atoms with E-state index in [0.717, 1.165) is 32.2 Å². The predicted octanol–water partition coefficient (Wildman–Crippen LogP) is 0.399. The summed E-state index contributed by atoms with van der Waals surface area (Å²) in [5, 5.41) is 36.8. The summed E-state index contributed by atoms with van der Waals surface area (Å²) in [4.78, 5) is 2.40. The first-order valence-electron chi connectivity index (χ1n) is 11.8. The smallest absolute Gasteiger partial charge is 0.124 e. The zero-order chi connectivity index (χ0) is 21.3. The van der Waals surface area contributed by atoms with E-state index < -0.39 is 22.9 Å². The summed E-state index contributed by atoms with van der Waals surface area (Å²) in [6, 6.07) is 0.0974. The van der Waals surface area contributed by atoms with Gasteiger partial charge < -0.3 is 29.5 Å². The first-order chi connectivity index (χ1) is 14.3. The molecule has 6 rings (SSSR count). The highest BCUT2D eigenvalue weighted by Crippen LogP contribution is 2.78. The number of piperidine rings is 1. The lowest BCUT2D eigenvalue weighted by Gasteiger charge is -2.70. The van der Waals surface area contributed by atoms with Gasteiger partial charge in [0.15, 0.2) is 0 Å². The fourth-order valence-electron chi connectivity index (χ4n) is 10.3. The van der Waals surface area contributed by atoms with Gasteiger partial charge in [-0.25, -0.2) is 0 Å². The summed E-state index contributed by atoms with van der Waals surface area (Å²) in [7, 11) is 5.13. The normalized spacial score (nSPS) is 63.3. The molecule has 1 aliphatic heterocycles. The van der Waals surface area contributed by atoms with Crippen LogP contribution < -0.4 is 0 Å². The number of methoxy groups -OCH3 is 3. The van der Waals surface area contributed by atoms with Crippen molar-refractivity contribution in [3.8, 4) is 0 Å². The lowest BCUT2D eigenvalue weighted by molar-refractivity contribution is -0.338. The molecule has 0 unspecified atom stereocenters. The number of fused-ring (bicyclic) bond motifs is 2. The Kier molecular flexibility index (Phi) is 4.06. The second kappa shape index (κ2) is 5.99. The van der Waals surface area contributed by atoms with E-state index in [1.54, 1.807) is 21.3 Å². The third-order valence-corrected chi connectivity index (χ3v) is 10.9. The third-order valence-electron chi connectivity index (χ3n) is 10.9. The maximum atomic E-state index is 12.4. The molecule has 7 nitrogen and oxygen atoms in total. The Balaban J connectivity index is 1.63. The van der Waals surface area contributed by atoms with E-state index >= 15 is 0 Å². The van der Waals surface area contributed by atoms with Crippen LogP contribution in [0.3, 0.4) is 0 Å². The number of aliphatic hydroxyl groups is 3. The highest BCUT2D eigenvalue weighted by atomic mass is 16.5. The van der Waals surface area contributed by atoms with Gasteiger partial charge in [0.2, 0.25) is 0 Å². The number of rotatable bonds is 4. The molecular formula is C23H37NO6. The number of ether oxygens (including phenoxy) is 3. The first kappa shape index (κ1) is 20.3. The molecule has 1 saturated heterocycles. The van der Waals surface area contributed by atoms with Gasteiger partial charge in [-0.1, -0.05) is 6.92 Å². The SMILES string of the molecule is CCN1C[C@]2(O)CC[C@H](OC)[C@]34[C@@H]2C[C@H]([C@@H]13)[C@@]1(O)C[C@H](OC)[C@@H]2C[C@@H]4[C@]1(O)[C@@H]2OC. The zero-order valence-corrected chi connectivity index (χ0v) is 18.6. The molecule has 170 valence electrons. The van der Waals surface area contributed by atoms with Crippen LogP contribution in [0.1, 0.15) is 39.0 Å². The lowest BCUT2D eigenvalue weighted by Crippen LogP contribution is -2.83. The zero-order valence-electron chi connectivity index (χ0n) is 18.6. The van der Waals surface area contributed by atoms with Crippen molar-refractivity contribution in [1.82, 2.24) is 4.90 Å². The third kappa shape index (κ3) is 1.80. The Morgan fingerprint density at radius 1 is 1.00 bits per heavy atom. The number of likely N-dealkylation sites (N-methyl/N-ethyl adjacent to an activating group) is 1. The van der Waals surface area contributed by atoms with E-state index in [-0.39, 0.29) is 47.3 Å². The number of nitrogens with zero attached hydrogens (tertiary/aromatic N) is 1. The van der Waals surface area contributed by atoms with Gasteiger partial charge in [0.1, 0.15) is 11.2 Å². The van der Waals surface area contributed by atoms with Gasteiger partial charge in [-0.3, -0.25) is 4.90 Å². The molecule has 7 heteroatoms. The topological polar surface area (TPSA) is 91.6 Å². The maximum Gasteiger partial charge on any atom is 0.124 e. The molecule has 7 bridgehead atoms. The average molecular weight is 424 g/mol. The van der Waals surface area contributed by atoms with Crippen LogP contribution in [0, 0.1) is 29.1 Å². The van der Waals surface area contributed by atoms with Crippen LogP contribution in [0.2, 0.25) is 0 Å². The van der Waals surface area contributed by atoms with E-state index in [1.807, 2.05) is 0 Å². The van der Waals surface area contributed by atoms with Crippen LogP contribution in [-0.4, -0.2) is 95.8 Å². The predicted molar refractivity (Wildman–Crippen MR) is 108 cm³/mol. The maximum absolute atomic E-state index is 12.4. The standard InChI is InChI=1S/C23H37NO6/c1-5-24-11-20(25)7-6-17(29-3)22-15(20)9-13(18(22)24)21(26)10-14(28-2)12-8-16(22)23(21,27)19(12)30-4/h12-19,25-27H,5-11H2,1-4H3/t12-,13+,14-,15+,16-,17-,18+,19+,20+,21-,22+,23-/m0/s1. The number of β-amino-alcohol motifs (C(OH)–C–C–N with tert-alkyl or cyclic N) is 1. The number of hydrogen-bond acceptors (Lipinski definition) is 7. The van der Waals surface area contributed by atoms with Crippen molar-refractivity contribution in [2.45, 2.75) is 80.2 Å². The van der Waals surface area contributed by atoms with Crippen LogP contribution in [0.5, 0.6) is 0 Å². The molecule has 0 amide bonds. The van der Waals surface area contributed by atoms with E-state index in [0.29, 0.717) is 13.0 Å². The average Bonchev–Trinajstić information content (AvgIpc) is 3.16. The summed E-state index contributed by atoms with van der Waals surface area (Å²) in [6.07, 6.45) is 2.77. The number of likely N-dealkylation sites (tertiary alicyclic amines) is 1. The summed E-state index contributed by atoms with van der Waals surface area (Å²) < 4.78 is 18.0. The van der Waals surface area contributed by atoms with Crippen molar-refractivity contribution in [2.75, 3.05) is 34.4 Å². The van der Waals surface area contributed by atoms with E-state index in [9.17, 15) is 15.3 Å². The molecule has 6 aliphatic rings. The second-order valence-electron chi connectivity index (χ2n) is 11.1. The fourth-order valence-corrected chi connectivity index (χ4v) is 10.3. The van der Waals surface area contributed by atoms with Crippen LogP contribution in [-0.2, 0) is 14.2 Å². The Labute approximate surface area is 178 Å². The molecule has 5 aliphatic carbocycles. The molecular weight excluding hydrogens is 386 g/mol. The van der Waals surface area contributed by atoms with Gasteiger partial charge in [0, 0.05) is 63.5 Å². The monoisotopic (exact) mass is 423 g/mol. The van der Waals surface area contributed by atoms with Crippen molar-refractivity contribution >= 4 is 0 Å². The lowest BCUT2D eigenvalue weighted by atomic mass is 9.44. The summed E-state index contributed by atoms with van der Waals surface area (Å²) in [6.45, 7) is 3.62. The number of hydrogen-bond donors (Lipinski definition) is 3. The van der Waals surface area contributed by atoms with E-state index in [2.05, 4.69) is 11.8 Å². The largest absolute Gasteiger partial charge is 0.388 e. The highest BCUT2D eigenvalue weighted by Gasteiger charge is 2.88. The van der Waals surface area contributed by atoms with Gasteiger partial charge in [-0.15, -0.1) is 0 Å². The summed E-state index contributed by atoms with van der Waals surface area (Å²) >= 11 is 0. The van der Waals surface area contributed by atoms with Crippen molar-refractivity contribution in [1.29, 1.82) is 0 Å². The van der Waals surface area contributed by atoms with Crippen LogP contribution in [0.25, 0.3) is 0 Å². The molecule has 0 aromatic rings. The first-order valence-corrected chi connectivity index (χ1v) is 11.8. The van der Waals surface area contributed by atoms with Gasteiger partial charge in [0.25, 0.3) is 0 Å². The minimum atomic E-state index is -1.34. The molecule has 5 saturated carbocycles. The van der Waals surface area contributed by atoms with Crippen molar-refractivity contribution in [3.63, 3.8) is 0 Å². The fraction of sp³-hybridized carbons (Fsp3) is 1.00. The van der Waals surface area contributed by atoms with E-state index in [1.165, 1.54) is 0 Å². The molecule has 6 fully saturated rings. The minimum absolute atomic E-state index is 0.0300. The molecule has 0 aromatic carbocycles. The van der Waals surface area contributed by atoms with Gasteiger partial charge in [-0.05, 0) is 38.1 Å². The molecule has 0 radical (unpaired) electrons. The van der Waals surface area contributed by atoms with Crippen molar-refractivity contribution < 1.29 is 29.5 Å². The Hall–Kier alpha value is -0.280. The molecule has 0 aromatic heterocycles. The minimum Gasteiger partial charge on any atom is -0.388 e. The summed E-state index contributed by atoms with van der Waals surface area (Å²) in [5.74, 6) is -0.262. The van der Waals surface area contributed by atoms with Gasteiger partial charge in [0.05, 0.1) is 23.9 Å². The van der Waals surface area contributed by atoms with Gasteiger partial charge >= 0.3 is 0 Å². The van der Waals surface area contributed by atoms with Crippen molar-refractivity contribution in [2.24, 2.45) is 29.1 Å². The van der Waals surface area contributed by atoms with Crippen LogP contribution >= 0.6 is 0 Å². The van der Waals surface area contributed by atoms with Crippen LogP contribution in [0.4, 0.5) is 0 Å². The van der Waals surface area contributed by atoms with Crippen molar-refractivity contribution in [3.05, 3.63) is 0 Å². The van der Waals surface area contributed by atoms with Gasteiger partial charge in [-0.2, -0.15) is 0 Å². The summed E-state index contributed by atoms with van der Waals surface area (Å²) in [5.41, 5.74) is -3.81. The quantitative estimate of drug-likeness (QED) is 0.603. The Morgan fingerprint density at radius 3 is 2.40 bits per heavy atom. The Morgan fingerprint density at radius 2 is 1.77 bits per heavy atom. The molecule has 1 spiro atoms.